The van der Waals surface area contributed by atoms with E-state index in [1.165, 1.54) is 6.07 Å². The summed E-state index contributed by atoms with van der Waals surface area (Å²) in [6.07, 6.45) is 0.984. The van der Waals surface area contributed by atoms with Crippen molar-refractivity contribution >= 4 is 11.6 Å². The van der Waals surface area contributed by atoms with Gasteiger partial charge in [0.25, 0.3) is 5.69 Å². The number of para-hydroxylation sites is 1. The number of carbonyl (C=O) groups is 1. The Balaban J connectivity index is 2.28. The van der Waals surface area contributed by atoms with E-state index in [1.807, 2.05) is 13.8 Å². The third-order valence-electron chi connectivity index (χ3n) is 2.74. The number of nitrogens with zero attached hydrogens (tertiary/aromatic N) is 1. The van der Waals surface area contributed by atoms with Gasteiger partial charge in [-0.05, 0) is 26.8 Å². The molecule has 0 saturated carbocycles. The molecule has 0 aliphatic heterocycles. The number of benzene rings is 1. The molecule has 1 aromatic carbocycles. The molecule has 0 heterocycles. The maximum absolute atomic E-state index is 11.4. The summed E-state index contributed by atoms with van der Waals surface area (Å²) in [7, 11) is 0. The van der Waals surface area contributed by atoms with E-state index >= 15 is 0 Å². The van der Waals surface area contributed by atoms with Gasteiger partial charge in [0.1, 0.15) is 0 Å². The molecule has 0 aliphatic carbocycles. The Morgan fingerprint density at radius 3 is 2.65 bits per heavy atom. The number of nitro groups is 1. The fourth-order valence-corrected chi connectivity index (χ4v) is 1.84. The van der Waals surface area contributed by atoms with Crippen LogP contribution in [0, 0.1) is 10.1 Å². The molecule has 20 heavy (non-hydrogen) atoms. The summed E-state index contributed by atoms with van der Waals surface area (Å²) in [6.45, 7) is 5.01. The highest BCUT2D eigenvalue weighted by Crippen LogP contribution is 2.17. The van der Waals surface area contributed by atoms with Crippen molar-refractivity contribution in [3.8, 4) is 0 Å². The van der Waals surface area contributed by atoms with E-state index in [-0.39, 0.29) is 22.6 Å². The lowest BCUT2D eigenvalue weighted by atomic mass is 10.1. The number of rotatable bonds is 8. The van der Waals surface area contributed by atoms with E-state index in [1.54, 1.807) is 18.2 Å². The van der Waals surface area contributed by atoms with Crippen molar-refractivity contribution in [2.45, 2.75) is 32.7 Å². The van der Waals surface area contributed by atoms with Gasteiger partial charge in [0, 0.05) is 30.6 Å². The van der Waals surface area contributed by atoms with Crippen LogP contribution in [0.5, 0.6) is 0 Å². The van der Waals surface area contributed by atoms with E-state index in [0.717, 1.165) is 0 Å². The van der Waals surface area contributed by atoms with Gasteiger partial charge in [0.15, 0.2) is 0 Å². The summed E-state index contributed by atoms with van der Waals surface area (Å²) in [5, 5.41) is 16.8. The molecule has 1 aromatic rings. The lowest BCUT2D eigenvalue weighted by Gasteiger charge is -2.09. The molecular weight excluding hydrogens is 258 g/mol. The van der Waals surface area contributed by atoms with E-state index < -0.39 is 0 Å². The van der Waals surface area contributed by atoms with E-state index in [2.05, 4.69) is 10.6 Å². The summed E-state index contributed by atoms with van der Waals surface area (Å²) >= 11 is 0. The van der Waals surface area contributed by atoms with Gasteiger partial charge in [-0.1, -0.05) is 18.2 Å². The van der Waals surface area contributed by atoms with Crippen molar-refractivity contribution < 1.29 is 9.72 Å². The summed E-state index contributed by atoms with van der Waals surface area (Å²) < 4.78 is 0. The van der Waals surface area contributed by atoms with Crippen LogP contribution in [0.4, 0.5) is 5.69 Å². The molecule has 110 valence electrons. The van der Waals surface area contributed by atoms with E-state index in [9.17, 15) is 14.9 Å². The summed E-state index contributed by atoms with van der Waals surface area (Å²) in [4.78, 5) is 21.9. The Morgan fingerprint density at radius 2 is 2.00 bits per heavy atom. The molecule has 6 nitrogen and oxygen atoms in total. The van der Waals surface area contributed by atoms with Gasteiger partial charge in [-0.15, -0.1) is 0 Å². The first-order chi connectivity index (χ1) is 9.50. The second-order valence-corrected chi connectivity index (χ2v) is 4.86. The van der Waals surface area contributed by atoms with Crippen molar-refractivity contribution in [2.75, 3.05) is 13.1 Å². The van der Waals surface area contributed by atoms with Crippen LogP contribution in [-0.2, 0) is 11.2 Å². The minimum Gasteiger partial charge on any atom is -0.354 e. The SMILES string of the molecule is CC(C)NC(=O)CCNCCc1ccccc1[N+](=O)[O-]. The Hall–Kier alpha value is -1.95. The van der Waals surface area contributed by atoms with Crippen LogP contribution in [0.3, 0.4) is 0 Å². The van der Waals surface area contributed by atoms with Crippen LogP contribution in [0.2, 0.25) is 0 Å². The molecule has 2 N–H and O–H groups in total. The van der Waals surface area contributed by atoms with Crippen molar-refractivity contribution in [2.24, 2.45) is 0 Å². The minimum absolute atomic E-state index is 0.0122. The standard InChI is InChI=1S/C14H21N3O3/c1-11(2)16-14(18)8-10-15-9-7-12-5-3-4-6-13(12)17(19)20/h3-6,11,15H,7-10H2,1-2H3,(H,16,18). The van der Waals surface area contributed by atoms with E-state index in [4.69, 9.17) is 0 Å². The Bertz CT molecular complexity index is 461. The highest BCUT2D eigenvalue weighted by atomic mass is 16.6. The average Bonchev–Trinajstić information content (AvgIpc) is 2.37. The van der Waals surface area contributed by atoms with Crippen LogP contribution in [0.25, 0.3) is 0 Å². The second-order valence-electron chi connectivity index (χ2n) is 4.86. The minimum atomic E-state index is -0.370. The van der Waals surface area contributed by atoms with Crippen LogP contribution in [0.1, 0.15) is 25.8 Å². The van der Waals surface area contributed by atoms with Gasteiger partial charge in [0.05, 0.1) is 4.92 Å². The van der Waals surface area contributed by atoms with Crippen molar-refractivity contribution in [1.82, 2.24) is 10.6 Å². The van der Waals surface area contributed by atoms with Gasteiger partial charge < -0.3 is 10.6 Å². The third kappa shape index (κ3) is 5.79. The average molecular weight is 279 g/mol. The predicted molar refractivity (Wildman–Crippen MR) is 77.6 cm³/mol. The summed E-state index contributed by atoms with van der Waals surface area (Å²) in [5.74, 6) is 0.0122. The van der Waals surface area contributed by atoms with Gasteiger partial charge in [-0.25, -0.2) is 0 Å². The molecule has 1 rings (SSSR count). The number of nitro benzene ring substituents is 1. The zero-order valence-electron chi connectivity index (χ0n) is 11.9. The first-order valence-corrected chi connectivity index (χ1v) is 6.73. The molecule has 1 amide bonds. The molecule has 0 aromatic heterocycles. The van der Waals surface area contributed by atoms with Crippen molar-refractivity contribution in [3.63, 3.8) is 0 Å². The quantitative estimate of drug-likeness (QED) is 0.430. The molecule has 0 spiro atoms. The van der Waals surface area contributed by atoms with Gasteiger partial charge in [-0.3, -0.25) is 14.9 Å². The molecule has 0 saturated heterocycles. The number of carbonyl (C=O) groups excluding carboxylic acids is 1. The number of hydrogen-bond acceptors (Lipinski definition) is 4. The maximum atomic E-state index is 11.4. The molecule has 0 unspecified atom stereocenters. The fourth-order valence-electron chi connectivity index (χ4n) is 1.84. The van der Waals surface area contributed by atoms with Crippen LogP contribution in [0.15, 0.2) is 24.3 Å². The molecular formula is C14H21N3O3. The Morgan fingerprint density at radius 1 is 1.30 bits per heavy atom. The van der Waals surface area contributed by atoms with E-state index in [0.29, 0.717) is 31.5 Å². The van der Waals surface area contributed by atoms with Crippen LogP contribution < -0.4 is 10.6 Å². The summed E-state index contributed by atoms with van der Waals surface area (Å²) in [6, 6.07) is 6.86. The second kappa shape index (κ2) is 8.27. The molecule has 0 bridgehead atoms. The predicted octanol–water partition coefficient (Wildman–Crippen LogP) is 1.64. The fraction of sp³-hybridized carbons (Fsp3) is 0.500. The number of hydrogen-bond donors (Lipinski definition) is 2. The van der Waals surface area contributed by atoms with Gasteiger partial charge in [-0.2, -0.15) is 0 Å². The highest BCUT2D eigenvalue weighted by Gasteiger charge is 2.11. The topological polar surface area (TPSA) is 84.3 Å². The first kappa shape index (κ1) is 16.1. The van der Waals surface area contributed by atoms with Crippen LogP contribution in [-0.4, -0.2) is 30.0 Å². The molecule has 0 atom stereocenters. The normalized spacial score (nSPS) is 10.6. The zero-order chi connectivity index (χ0) is 15.0. The van der Waals surface area contributed by atoms with Crippen molar-refractivity contribution in [1.29, 1.82) is 0 Å². The summed E-state index contributed by atoms with van der Waals surface area (Å²) in [5.41, 5.74) is 0.850. The lowest BCUT2D eigenvalue weighted by Crippen LogP contribution is -2.32. The maximum Gasteiger partial charge on any atom is 0.272 e. The molecule has 6 heteroatoms. The Labute approximate surface area is 118 Å². The van der Waals surface area contributed by atoms with Gasteiger partial charge in [0.2, 0.25) is 5.91 Å². The zero-order valence-corrected chi connectivity index (χ0v) is 11.9. The number of amides is 1. The number of nitrogens with one attached hydrogen (secondary N) is 2. The molecule has 0 fully saturated rings. The molecule has 0 radical (unpaired) electrons. The monoisotopic (exact) mass is 279 g/mol. The highest BCUT2D eigenvalue weighted by molar-refractivity contribution is 5.76. The smallest absolute Gasteiger partial charge is 0.272 e. The lowest BCUT2D eigenvalue weighted by molar-refractivity contribution is -0.385. The van der Waals surface area contributed by atoms with Gasteiger partial charge >= 0.3 is 0 Å². The van der Waals surface area contributed by atoms with Crippen molar-refractivity contribution in [3.05, 3.63) is 39.9 Å². The first-order valence-electron chi connectivity index (χ1n) is 6.73. The largest absolute Gasteiger partial charge is 0.354 e. The third-order valence-corrected chi connectivity index (χ3v) is 2.74. The van der Waals surface area contributed by atoms with Crippen LogP contribution >= 0.6 is 0 Å². The molecule has 0 aliphatic rings. The Kier molecular flexibility index (Phi) is 6.66.